The van der Waals surface area contributed by atoms with Crippen molar-refractivity contribution in [2.24, 2.45) is 5.41 Å². The van der Waals surface area contributed by atoms with E-state index >= 15 is 0 Å². The molecule has 0 spiro atoms. The van der Waals surface area contributed by atoms with Gasteiger partial charge in [-0.3, -0.25) is 4.79 Å². The summed E-state index contributed by atoms with van der Waals surface area (Å²) in [5.41, 5.74) is 0.534. The average Bonchev–Trinajstić information content (AvgIpc) is 2.61. The topological polar surface area (TPSA) is 80.6 Å². The SMILES string of the molecule is COCC1(CNC(=O)c2c(C)c3ccccc3oc2=O)CCNCC1. The van der Waals surface area contributed by atoms with E-state index in [1.807, 2.05) is 12.1 Å². The van der Waals surface area contributed by atoms with Gasteiger partial charge in [-0.1, -0.05) is 18.2 Å². The van der Waals surface area contributed by atoms with Crippen LogP contribution in [0.2, 0.25) is 0 Å². The predicted molar refractivity (Wildman–Crippen MR) is 96.0 cm³/mol. The van der Waals surface area contributed by atoms with Gasteiger partial charge < -0.3 is 19.8 Å². The first-order valence-electron chi connectivity index (χ1n) is 8.57. The monoisotopic (exact) mass is 344 g/mol. The summed E-state index contributed by atoms with van der Waals surface area (Å²) < 4.78 is 10.7. The molecule has 25 heavy (non-hydrogen) atoms. The molecule has 0 saturated carbocycles. The van der Waals surface area contributed by atoms with Crippen molar-refractivity contribution in [3.05, 3.63) is 45.8 Å². The number of piperidine rings is 1. The Morgan fingerprint density at radius 1 is 1.32 bits per heavy atom. The first kappa shape index (κ1) is 17.6. The Hall–Kier alpha value is -2.18. The number of benzene rings is 1. The van der Waals surface area contributed by atoms with Crippen LogP contribution in [0.3, 0.4) is 0 Å². The summed E-state index contributed by atoms with van der Waals surface area (Å²) >= 11 is 0. The van der Waals surface area contributed by atoms with Crippen molar-refractivity contribution in [1.29, 1.82) is 0 Å². The number of nitrogens with one attached hydrogen (secondary N) is 2. The van der Waals surface area contributed by atoms with Crippen LogP contribution in [0.25, 0.3) is 11.0 Å². The largest absolute Gasteiger partial charge is 0.422 e. The van der Waals surface area contributed by atoms with Gasteiger partial charge in [0, 0.05) is 24.5 Å². The van der Waals surface area contributed by atoms with E-state index in [-0.39, 0.29) is 16.9 Å². The number of hydrogen-bond acceptors (Lipinski definition) is 5. The third-order valence-corrected chi connectivity index (χ3v) is 5.04. The molecule has 0 bridgehead atoms. The van der Waals surface area contributed by atoms with Gasteiger partial charge in [0.25, 0.3) is 5.91 Å². The fraction of sp³-hybridized carbons (Fsp3) is 0.474. The Balaban J connectivity index is 1.83. The fourth-order valence-corrected chi connectivity index (χ4v) is 3.56. The van der Waals surface area contributed by atoms with Crippen molar-refractivity contribution < 1.29 is 13.9 Å². The van der Waals surface area contributed by atoms with Crippen LogP contribution in [0.5, 0.6) is 0 Å². The van der Waals surface area contributed by atoms with E-state index in [1.54, 1.807) is 26.2 Å². The van der Waals surface area contributed by atoms with Gasteiger partial charge in [-0.25, -0.2) is 4.79 Å². The van der Waals surface area contributed by atoms with E-state index in [1.165, 1.54) is 0 Å². The second-order valence-corrected chi connectivity index (χ2v) is 6.75. The van der Waals surface area contributed by atoms with E-state index in [9.17, 15) is 9.59 Å². The van der Waals surface area contributed by atoms with Crippen LogP contribution in [0, 0.1) is 12.3 Å². The van der Waals surface area contributed by atoms with Gasteiger partial charge in [0.2, 0.25) is 0 Å². The van der Waals surface area contributed by atoms with E-state index in [0.29, 0.717) is 24.3 Å². The molecule has 6 heteroatoms. The van der Waals surface area contributed by atoms with Crippen LogP contribution >= 0.6 is 0 Å². The summed E-state index contributed by atoms with van der Waals surface area (Å²) in [7, 11) is 1.67. The number of fused-ring (bicyclic) bond motifs is 1. The molecule has 3 rings (SSSR count). The molecule has 2 heterocycles. The van der Waals surface area contributed by atoms with E-state index < -0.39 is 5.63 Å². The minimum Gasteiger partial charge on any atom is -0.422 e. The Kier molecular flexibility index (Phi) is 5.20. The van der Waals surface area contributed by atoms with Gasteiger partial charge in [-0.2, -0.15) is 0 Å². The zero-order valence-electron chi connectivity index (χ0n) is 14.7. The number of para-hydroxylation sites is 1. The lowest BCUT2D eigenvalue weighted by molar-refractivity contribution is 0.0511. The third kappa shape index (κ3) is 3.60. The number of aryl methyl sites for hydroxylation is 1. The minimum atomic E-state index is -0.597. The summed E-state index contributed by atoms with van der Waals surface area (Å²) in [6.45, 7) is 4.64. The molecule has 1 amide bonds. The molecule has 134 valence electrons. The highest BCUT2D eigenvalue weighted by atomic mass is 16.5. The first-order chi connectivity index (χ1) is 12.1. The second-order valence-electron chi connectivity index (χ2n) is 6.75. The molecule has 0 unspecified atom stereocenters. The van der Waals surface area contributed by atoms with Crippen LogP contribution in [0.4, 0.5) is 0 Å². The molecule has 1 aliphatic rings. The maximum Gasteiger partial charge on any atom is 0.349 e. The van der Waals surface area contributed by atoms with Crippen LogP contribution in [0.15, 0.2) is 33.5 Å². The third-order valence-electron chi connectivity index (χ3n) is 5.04. The lowest BCUT2D eigenvalue weighted by Gasteiger charge is -2.37. The summed E-state index contributed by atoms with van der Waals surface area (Å²) in [6, 6.07) is 7.24. The van der Waals surface area contributed by atoms with Crippen molar-refractivity contribution >= 4 is 16.9 Å². The van der Waals surface area contributed by atoms with Gasteiger partial charge in [0.1, 0.15) is 11.1 Å². The quantitative estimate of drug-likeness (QED) is 0.809. The molecule has 2 N–H and O–H groups in total. The highest BCUT2D eigenvalue weighted by Gasteiger charge is 2.33. The Morgan fingerprint density at radius 2 is 2.04 bits per heavy atom. The van der Waals surface area contributed by atoms with Crippen LogP contribution in [0.1, 0.15) is 28.8 Å². The lowest BCUT2D eigenvalue weighted by atomic mass is 9.79. The molecular formula is C19H24N2O4. The maximum absolute atomic E-state index is 12.7. The fourth-order valence-electron chi connectivity index (χ4n) is 3.56. The molecular weight excluding hydrogens is 320 g/mol. The first-order valence-corrected chi connectivity index (χ1v) is 8.57. The van der Waals surface area contributed by atoms with Gasteiger partial charge >= 0.3 is 5.63 Å². The standard InChI is InChI=1S/C19H24N2O4/c1-13-14-5-3-4-6-15(14)25-18(23)16(13)17(22)21-11-19(12-24-2)7-9-20-10-8-19/h3-6,20H,7-12H2,1-2H3,(H,21,22). The molecule has 6 nitrogen and oxygen atoms in total. The summed E-state index contributed by atoms with van der Waals surface area (Å²) in [4.78, 5) is 25.0. The number of hydrogen-bond donors (Lipinski definition) is 2. The van der Waals surface area contributed by atoms with Crippen molar-refractivity contribution in [3.8, 4) is 0 Å². The average molecular weight is 344 g/mol. The molecule has 0 aliphatic carbocycles. The Labute approximate surface area is 146 Å². The van der Waals surface area contributed by atoms with Gasteiger partial charge in [-0.15, -0.1) is 0 Å². The normalized spacial score (nSPS) is 16.7. The number of amides is 1. The number of methoxy groups -OCH3 is 1. The molecule has 1 aliphatic heterocycles. The van der Waals surface area contributed by atoms with Crippen molar-refractivity contribution in [3.63, 3.8) is 0 Å². The number of carbonyl (C=O) groups is 1. The molecule has 1 aromatic carbocycles. The number of carbonyl (C=O) groups excluding carboxylic acids is 1. The van der Waals surface area contributed by atoms with Crippen LogP contribution in [-0.4, -0.2) is 39.3 Å². The predicted octanol–water partition coefficient (Wildman–Crippen LogP) is 1.85. The van der Waals surface area contributed by atoms with Gasteiger partial charge in [-0.05, 0) is 44.5 Å². The summed E-state index contributed by atoms with van der Waals surface area (Å²) in [5, 5.41) is 7.03. The Bertz CT molecular complexity index is 816. The molecule has 2 aromatic rings. The Morgan fingerprint density at radius 3 is 2.76 bits per heavy atom. The highest BCUT2D eigenvalue weighted by molar-refractivity contribution is 5.99. The molecule has 0 radical (unpaired) electrons. The highest BCUT2D eigenvalue weighted by Crippen LogP contribution is 2.28. The van der Waals surface area contributed by atoms with Crippen molar-refractivity contribution in [2.75, 3.05) is 33.4 Å². The van der Waals surface area contributed by atoms with Crippen molar-refractivity contribution in [2.45, 2.75) is 19.8 Å². The molecule has 0 atom stereocenters. The lowest BCUT2D eigenvalue weighted by Crippen LogP contribution is -2.47. The van der Waals surface area contributed by atoms with Crippen LogP contribution < -0.4 is 16.3 Å². The van der Waals surface area contributed by atoms with Gasteiger partial charge in [0.05, 0.1) is 6.61 Å². The van der Waals surface area contributed by atoms with E-state index in [4.69, 9.17) is 9.15 Å². The van der Waals surface area contributed by atoms with E-state index in [2.05, 4.69) is 10.6 Å². The zero-order valence-corrected chi connectivity index (χ0v) is 14.7. The maximum atomic E-state index is 12.7. The molecule has 1 fully saturated rings. The van der Waals surface area contributed by atoms with Crippen molar-refractivity contribution in [1.82, 2.24) is 10.6 Å². The molecule has 1 aromatic heterocycles. The van der Waals surface area contributed by atoms with Gasteiger partial charge in [0.15, 0.2) is 0 Å². The van der Waals surface area contributed by atoms with Crippen LogP contribution in [-0.2, 0) is 4.74 Å². The summed E-state index contributed by atoms with van der Waals surface area (Å²) in [6.07, 6.45) is 1.85. The smallest absolute Gasteiger partial charge is 0.349 e. The number of rotatable bonds is 5. The summed E-state index contributed by atoms with van der Waals surface area (Å²) in [5.74, 6) is -0.383. The minimum absolute atomic E-state index is 0.0835. The number of ether oxygens (including phenoxy) is 1. The van der Waals surface area contributed by atoms with E-state index in [0.717, 1.165) is 31.3 Å². The second kappa shape index (κ2) is 7.37. The zero-order chi connectivity index (χ0) is 17.9. The molecule has 1 saturated heterocycles.